The molecule has 0 bridgehead atoms. The largest absolute Gasteiger partial charge is 0.0587 e. The summed E-state index contributed by atoms with van der Waals surface area (Å²) in [5, 5.41) is 0. The predicted octanol–water partition coefficient (Wildman–Crippen LogP) is 5.51. The number of benzene rings is 2. The van der Waals surface area contributed by atoms with E-state index in [1.807, 2.05) is 0 Å². The summed E-state index contributed by atoms with van der Waals surface area (Å²) in [5.41, 5.74) is 9.59. The second-order valence-corrected chi connectivity index (χ2v) is 5.87. The molecule has 19 heavy (non-hydrogen) atoms. The molecular weight excluding hydrogens is 228 g/mol. The van der Waals surface area contributed by atoms with Crippen LogP contribution in [0.15, 0.2) is 24.3 Å². The van der Waals surface area contributed by atoms with Gasteiger partial charge in [0, 0.05) is 0 Å². The third kappa shape index (κ3) is 2.58. The van der Waals surface area contributed by atoms with Crippen LogP contribution in [-0.4, -0.2) is 0 Å². The van der Waals surface area contributed by atoms with Gasteiger partial charge >= 0.3 is 0 Å². The monoisotopic (exact) mass is 251 g/mol. The average Bonchev–Trinajstić information content (AvgIpc) is 2.26. The molecule has 0 saturated carbocycles. The highest BCUT2D eigenvalue weighted by Crippen LogP contribution is 2.32. The van der Waals surface area contributed by atoms with Crippen molar-refractivity contribution in [3.63, 3.8) is 0 Å². The molecule has 0 atom stereocenters. The highest BCUT2D eigenvalue weighted by atomic mass is 14.2. The van der Waals surface area contributed by atoms with Gasteiger partial charge in [-0.05, 0) is 78.6 Å². The molecule has 0 saturated heterocycles. The molecule has 2 aromatic carbocycles. The van der Waals surface area contributed by atoms with Crippen molar-refractivity contribution in [2.75, 3.05) is 0 Å². The van der Waals surface area contributed by atoms with Gasteiger partial charge in [0.2, 0.25) is 0 Å². The number of rotatable bonds is 2. The Labute approximate surface area is 117 Å². The van der Waals surface area contributed by atoms with Crippen LogP contribution in [0.2, 0.25) is 0 Å². The van der Waals surface area contributed by atoms with Crippen molar-refractivity contribution in [3.05, 3.63) is 58.1 Å². The fourth-order valence-corrected chi connectivity index (χ4v) is 3.23. The maximum absolute atomic E-state index is 3.20. The minimum Gasteiger partial charge on any atom is -0.0587 e. The first-order valence-corrected chi connectivity index (χ1v) is 7.00. The molecule has 0 aliphatic heterocycles. The third-order valence-electron chi connectivity index (χ3n) is 3.85. The van der Waals surface area contributed by atoms with Crippen molar-refractivity contribution >= 4 is 0 Å². The molecule has 0 aromatic heterocycles. The van der Waals surface area contributed by atoms with Crippen LogP contribution in [0, 0.1) is 33.8 Å². The third-order valence-corrected chi connectivity index (χ3v) is 3.85. The van der Waals surface area contributed by atoms with Crippen LogP contribution in [-0.2, 0) is 0 Å². The first kappa shape index (κ1) is 13.9. The van der Waals surface area contributed by atoms with Crippen molar-refractivity contribution in [1.29, 1.82) is 0 Å². The Hall–Kier alpha value is -1.56. The Morgan fingerprint density at radius 3 is 1.68 bits per heavy atom. The van der Waals surface area contributed by atoms with E-state index in [0.717, 1.165) is 0 Å². The van der Waals surface area contributed by atoms with Crippen LogP contribution >= 0.6 is 0 Å². The van der Waals surface area contributed by atoms with E-state index in [0.29, 0.717) is 5.92 Å². The quantitative estimate of drug-likeness (QED) is 0.660. The van der Waals surface area contributed by atoms with E-state index in [2.05, 4.69) is 71.9 Å². The van der Waals surface area contributed by atoms with Gasteiger partial charge in [0.05, 0.1) is 0 Å². The first-order valence-electron chi connectivity index (χ1n) is 7.00. The van der Waals surface area contributed by atoms with Crippen LogP contribution < -0.4 is 0 Å². The van der Waals surface area contributed by atoms with E-state index in [1.54, 1.807) is 0 Å². The zero-order chi connectivity index (χ0) is 14.2. The van der Waals surface area contributed by atoms with E-state index in [-0.39, 0.29) is 0 Å². The number of hydrogen-bond acceptors (Lipinski definition) is 0. The lowest BCUT2D eigenvalue weighted by atomic mass is 9.87. The topological polar surface area (TPSA) is 0 Å². The molecule has 0 amide bonds. The van der Waals surface area contributed by atoms with Gasteiger partial charge in [0.15, 0.2) is 0 Å². The minimum absolute atomic E-state index is 0.584. The van der Waals surface area contributed by atoms with Crippen LogP contribution in [0.5, 0.6) is 0 Å². The van der Waals surface area contributed by atoms with Gasteiger partial charge in [-0.15, -0.1) is 0 Å². The predicted molar refractivity (Wildman–Crippen MR) is 83.8 cm³/mol. The summed E-state index contributed by atoms with van der Waals surface area (Å²) in [6.45, 7) is 13.3. The van der Waals surface area contributed by atoms with Crippen molar-refractivity contribution in [2.45, 2.75) is 47.5 Å². The Morgan fingerprint density at radius 2 is 1.26 bits per heavy atom. The molecule has 1 radical (unpaired) electrons. The summed E-state index contributed by atoms with van der Waals surface area (Å²) < 4.78 is 0. The van der Waals surface area contributed by atoms with Crippen molar-refractivity contribution < 1.29 is 0 Å². The Balaban J connectivity index is 2.66. The fourth-order valence-electron chi connectivity index (χ4n) is 3.23. The molecule has 0 fully saturated rings. The summed E-state index contributed by atoms with van der Waals surface area (Å²) in [4.78, 5) is 0. The van der Waals surface area contributed by atoms with Crippen LogP contribution in [0.1, 0.15) is 47.6 Å². The van der Waals surface area contributed by atoms with E-state index in [4.69, 9.17) is 0 Å². The molecule has 0 aliphatic rings. The normalized spacial score (nSPS) is 11.1. The molecule has 0 nitrogen and oxygen atoms in total. The number of aryl methyl sites for hydroxylation is 4. The lowest BCUT2D eigenvalue weighted by molar-refractivity contribution is 0.846. The summed E-state index contributed by atoms with van der Waals surface area (Å²) >= 11 is 0. The lowest BCUT2D eigenvalue weighted by Crippen LogP contribution is -1.98. The standard InChI is InChI=1S/C19H23/c1-12(2)18-15(5)10-17(11-16(18)6)19-13(3)8-7-9-14(19)4/h8-12H,1-6H3. The Bertz CT molecular complexity index is 560. The smallest absolute Gasteiger partial charge is 0.0125 e. The van der Waals surface area contributed by atoms with Gasteiger partial charge in [-0.3, -0.25) is 0 Å². The maximum Gasteiger partial charge on any atom is -0.0125 e. The van der Waals surface area contributed by atoms with Gasteiger partial charge < -0.3 is 0 Å². The van der Waals surface area contributed by atoms with Crippen molar-refractivity contribution in [3.8, 4) is 11.1 Å². The van der Waals surface area contributed by atoms with Gasteiger partial charge in [0.1, 0.15) is 0 Å². The SMILES string of the molecule is Cc1c[c]cc(C)c1-c1cc(C)c(C(C)C)c(C)c1. The molecule has 2 rings (SSSR count). The first-order chi connectivity index (χ1) is 8.91. The maximum atomic E-state index is 3.20. The van der Waals surface area contributed by atoms with Gasteiger partial charge in [-0.25, -0.2) is 0 Å². The molecule has 99 valence electrons. The molecule has 0 aliphatic carbocycles. The van der Waals surface area contributed by atoms with Gasteiger partial charge in [0.25, 0.3) is 0 Å². The Kier molecular flexibility index (Phi) is 3.80. The highest BCUT2D eigenvalue weighted by molar-refractivity contribution is 5.72. The average molecular weight is 251 g/mol. The second-order valence-electron chi connectivity index (χ2n) is 5.87. The van der Waals surface area contributed by atoms with Crippen LogP contribution in [0.4, 0.5) is 0 Å². The number of hydrogen-bond donors (Lipinski definition) is 0. The van der Waals surface area contributed by atoms with E-state index in [9.17, 15) is 0 Å². The van der Waals surface area contributed by atoms with Gasteiger partial charge in [-0.1, -0.05) is 38.1 Å². The van der Waals surface area contributed by atoms with Crippen LogP contribution in [0.25, 0.3) is 11.1 Å². The van der Waals surface area contributed by atoms with E-state index < -0.39 is 0 Å². The lowest BCUT2D eigenvalue weighted by Gasteiger charge is -2.17. The zero-order valence-corrected chi connectivity index (χ0v) is 12.9. The van der Waals surface area contributed by atoms with Crippen molar-refractivity contribution in [1.82, 2.24) is 0 Å². The molecule has 0 heteroatoms. The summed E-state index contributed by atoms with van der Waals surface area (Å²) in [6.07, 6.45) is 0. The van der Waals surface area contributed by atoms with Crippen molar-refractivity contribution in [2.24, 2.45) is 0 Å². The molecular formula is C19H23. The Morgan fingerprint density at radius 1 is 0.789 bits per heavy atom. The minimum atomic E-state index is 0.584. The van der Waals surface area contributed by atoms with E-state index >= 15 is 0 Å². The second kappa shape index (κ2) is 5.21. The summed E-state index contributed by atoms with van der Waals surface area (Å²) in [7, 11) is 0. The summed E-state index contributed by atoms with van der Waals surface area (Å²) in [6, 6.07) is 12.0. The molecule has 0 N–H and O–H groups in total. The molecule has 0 unspecified atom stereocenters. The summed E-state index contributed by atoms with van der Waals surface area (Å²) in [5.74, 6) is 0.584. The van der Waals surface area contributed by atoms with Crippen LogP contribution in [0.3, 0.4) is 0 Å². The highest BCUT2D eigenvalue weighted by Gasteiger charge is 2.12. The van der Waals surface area contributed by atoms with E-state index in [1.165, 1.54) is 38.9 Å². The molecule has 0 spiro atoms. The molecule has 0 heterocycles. The molecule has 2 aromatic rings. The fraction of sp³-hybridized carbons (Fsp3) is 0.368. The van der Waals surface area contributed by atoms with Gasteiger partial charge in [-0.2, -0.15) is 0 Å². The zero-order valence-electron chi connectivity index (χ0n) is 12.9.